The minimum atomic E-state index is -3.33. The van der Waals surface area contributed by atoms with E-state index in [4.69, 9.17) is 4.74 Å². The van der Waals surface area contributed by atoms with E-state index in [2.05, 4.69) is 5.10 Å². The molecule has 3 rings (SSSR count). The maximum atomic E-state index is 12.8. The molecule has 0 aliphatic heterocycles. The molecule has 0 radical (unpaired) electrons. The Kier molecular flexibility index (Phi) is 6.01. The predicted octanol–water partition coefficient (Wildman–Crippen LogP) is 2.34. The molecule has 1 heterocycles. The van der Waals surface area contributed by atoms with E-state index in [0.29, 0.717) is 11.4 Å². The van der Waals surface area contributed by atoms with Crippen molar-refractivity contribution in [1.29, 1.82) is 0 Å². The lowest BCUT2D eigenvalue weighted by Crippen LogP contribution is -2.38. The van der Waals surface area contributed by atoms with Crippen LogP contribution < -0.4 is 10.4 Å². The van der Waals surface area contributed by atoms with Gasteiger partial charge in [0.15, 0.2) is 15.4 Å². The molecule has 170 valence electrons. The van der Waals surface area contributed by atoms with Crippen molar-refractivity contribution >= 4 is 15.8 Å². The molecular formula is C22H25N3O6S. The molecule has 2 aromatic carbocycles. The number of nitrogens with zero attached hydrogens (tertiary/aromatic N) is 3. The molecule has 0 saturated carbocycles. The Balaban J connectivity index is 1.87. The summed E-state index contributed by atoms with van der Waals surface area (Å²) in [5, 5.41) is 13.4. The molecule has 32 heavy (non-hydrogen) atoms. The fraction of sp³-hybridized carbons (Fsp3) is 0.318. The number of hydrogen-bond acceptors (Lipinski definition) is 6. The molecule has 0 bridgehead atoms. The highest BCUT2D eigenvalue weighted by atomic mass is 32.2. The third-order valence-electron chi connectivity index (χ3n) is 4.99. The molecule has 3 aromatic rings. The first-order chi connectivity index (χ1) is 14.8. The van der Waals surface area contributed by atoms with Crippen LogP contribution in [0.25, 0.3) is 5.69 Å². The second-order valence-electron chi connectivity index (χ2n) is 8.20. The van der Waals surface area contributed by atoms with Crippen LogP contribution in [0.15, 0.2) is 52.4 Å². The monoisotopic (exact) mass is 459 g/mol. The first-order valence-corrected chi connectivity index (χ1v) is 11.7. The Morgan fingerprint density at radius 3 is 2.19 bits per heavy atom. The Bertz CT molecular complexity index is 1310. The molecule has 0 unspecified atom stereocenters. The van der Waals surface area contributed by atoms with Crippen LogP contribution in [-0.2, 0) is 21.2 Å². The Labute approximate surface area is 185 Å². The number of aliphatic carboxylic acids is 1. The fourth-order valence-corrected chi connectivity index (χ4v) is 3.87. The van der Waals surface area contributed by atoms with Gasteiger partial charge < -0.3 is 9.84 Å². The maximum absolute atomic E-state index is 12.8. The standard InChI is InChI=1S/C22H25N3O6S/c1-14-10-16(11-15(2)19(14)31-22(3,4)20(26)27)12-24-13-23-25(21(24)28)17-6-8-18(9-7-17)32(5,29)30/h6-11,13H,12H2,1-5H3,(H,26,27). The van der Waals surface area contributed by atoms with Crippen molar-refractivity contribution in [2.45, 2.75) is 44.7 Å². The topological polar surface area (TPSA) is 120 Å². The second kappa shape index (κ2) is 8.27. The third kappa shape index (κ3) is 4.75. The first kappa shape index (κ1) is 23.3. The summed E-state index contributed by atoms with van der Waals surface area (Å²) < 4.78 is 31.6. The van der Waals surface area contributed by atoms with Gasteiger partial charge in [-0.3, -0.25) is 4.57 Å². The first-order valence-electron chi connectivity index (χ1n) is 9.77. The summed E-state index contributed by atoms with van der Waals surface area (Å²) in [4.78, 5) is 24.3. The van der Waals surface area contributed by atoms with Crippen LogP contribution in [-0.4, -0.2) is 45.7 Å². The van der Waals surface area contributed by atoms with Crippen LogP contribution in [0.5, 0.6) is 5.75 Å². The van der Waals surface area contributed by atoms with Gasteiger partial charge in [-0.2, -0.15) is 9.78 Å². The highest BCUT2D eigenvalue weighted by Gasteiger charge is 2.30. The summed E-state index contributed by atoms with van der Waals surface area (Å²) in [5.41, 5.74) is 1.04. The average Bonchev–Trinajstić information content (AvgIpc) is 3.04. The minimum Gasteiger partial charge on any atom is -0.478 e. The SMILES string of the molecule is Cc1cc(Cn2cnn(-c3ccc(S(C)(=O)=O)cc3)c2=O)cc(C)c1OC(C)(C)C(=O)O. The lowest BCUT2D eigenvalue weighted by Gasteiger charge is -2.24. The molecule has 1 aromatic heterocycles. The Morgan fingerprint density at radius 1 is 1.12 bits per heavy atom. The van der Waals surface area contributed by atoms with Crippen LogP contribution in [0.1, 0.15) is 30.5 Å². The summed E-state index contributed by atoms with van der Waals surface area (Å²) in [6.07, 6.45) is 2.53. The van der Waals surface area contributed by atoms with Crippen molar-refractivity contribution in [3.8, 4) is 11.4 Å². The van der Waals surface area contributed by atoms with Gasteiger partial charge in [0, 0.05) is 6.26 Å². The van der Waals surface area contributed by atoms with Crippen molar-refractivity contribution < 1.29 is 23.1 Å². The lowest BCUT2D eigenvalue weighted by atomic mass is 10.0. The van der Waals surface area contributed by atoms with Crippen LogP contribution in [0.2, 0.25) is 0 Å². The molecule has 0 spiro atoms. The largest absolute Gasteiger partial charge is 0.478 e. The minimum absolute atomic E-state index is 0.160. The van der Waals surface area contributed by atoms with Crippen LogP contribution in [0.4, 0.5) is 0 Å². The van der Waals surface area contributed by atoms with Crippen molar-refractivity contribution in [1.82, 2.24) is 14.3 Å². The molecule has 9 nitrogen and oxygen atoms in total. The number of sulfone groups is 1. The zero-order chi connectivity index (χ0) is 23.8. The van der Waals surface area contributed by atoms with Crippen molar-refractivity contribution in [3.63, 3.8) is 0 Å². The maximum Gasteiger partial charge on any atom is 0.350 e. The molecule has 10 heteroatoms. The van der Waals surface area contributed by atoms with Crippen molar-refractivity contribution in [2.75, 3.05) is 6.26 Å². The zero-order valence-electron chi connectivity index (χ0n) is 18.5. The summed E-state index contributed by atoms with van der Waals surface area (Å²) in [6.45, 7) is 6.86. The van der Waals surface area contributed by atoms with Gasteiger partial charge in [0.25, 0.3) is 0 Å². The molecule has 0 saturated heterocycles. The molecular weight excluding hydrogens is 434 g/mol. The van der Waals surface area contributed by atoms with Gasteiger partial charge in [-0.15, -0.1) is 0 Å². The number of ether oxygens (including phenoxy) is 1. The van der Waals surface area contributed by atoms with Crippen LogP contribution >= 0.6 is 0 Å². The summed E-state index contributed by atoms with van der Waals surface area (Å²) in [5.74, 6) is -0.570. The number of aryl methyl sites for hydroxylation is 2. The van der Waals surface area contributed by atoms with E-state index in [1.165, 1.54) is 53.7 Å². The van der Waals surface area contributed by atoms with E-state index in [0.717, 1.165) is 22.9 Å². The molecule has 0 amide bonds. The second-order valence-corrected chi connectivity index (χ2v) is 10.2. The number of rotatable bonds is 7. The smallest absolute Gasteiger partial charge is 0.350 e. The third-order valence-corrected chi connectivity index (χ3v) is 6.12. The van der Waals surface area contributed by atoms with E-state index in [-0.39, 0.29) is 17.1 Å². The van der Waals surface area contributed by atoms with E-state index in [9.17, 15) is 23.1 Å². The number of hydrogen-bond donors (Lipinski definition) is 1. The average molecular weight is 460 g/mol. The highest BCUT2D eigenvalue weighted by Crippen LogP contribution is 2.29. The van der Waals surface area contributed by atoms with E-state index >= 15 is 0 Å². The van der Waals surface area contributed by atoms with E-state index in [1.54, 1.807) is 0 Å². The predicted molar refractivity (Wildman–Crippen MR) is 118 cm³/mol. The number of benzene rings is 2. The van der Waals surface area contributed by atoms with Crippen LogP contribution in [0.3, 0.4) is 0 Å². The summed E-state index contributed by atoms with van der Waals surface area (Å²) in [6, 6.07) is 9.59. The Morgan fingerprint density at radius 2 is 1.69 bits per heavy atom. The number of carboxylic acids is 1. The lowest BCUT2D eigenvalue weighted by molar-refractivity contribution is -0.152. The zero-order valence-corrected chi connectivity index (χ0v) is 19.3. The number of carbonyl (C=O) groups is 1. The number of aromatic nitrogens is 3. The summed E-state index contributed by atoms with van der Waals surface area (Å²) >= 11 is 0. The van der Waals surface area contributed by atoms with Crippen molar-refractivity contribution in [3.05, 3.63) is 69.9 Å². The van der Waals surface area contributed by atoms with Gasteiger partial charge in [0.1, 0.15) is 12.1 Å². The van der Waals surface area contributed by atoms with Crippen LogP contribution in [0, 0.1) is 13.8 Å². The summed E-state index contributed by atoms with van der Waals surface area (Å²) in [7, 11) is -3.33. The van der Waals surface area contributed by atoms with Gasteiger partial charge in [-0.1, -0.05) is 12.1 Å². The number of carboxylic acid groups (broad SMARTS) is 1. The van der Waals surface area contributed by atoms with E-state index in [1.807, 2.05) is 26.0 Å². The van der Waals surface area contributed by atoms with E-state index < -0.39 is 21.4 Å². The molecule has 1 N–H and O–H groups in total. The normalized spacial score (nSPS) is 12.0. The molecule has 0 aliphatic carbocycles. The van der Waals surface area contributed by atoms with Gasteiger partial charge in [0.2, 0.25) is 0 Å². The Hall–Kier alpha value is -3.40. The van der Waals surface area contributed by atoms with Gasteiger partial charge in [-0.25, -0.2) is 18.0 Å². The highest BCUT2D eigenvalue weighted by molar-refractivity contribution is 7.90. The van der Waals surface area contributed by atoms with Gasteiger partial charge >= 0.3 is 11.7 Å². The fourth-order valence-electron chi connectivity index (χ4n) is 3.24. The quantitative estimate of drug-likeness (QED) is 0.576. The molecule has 0 aliphatic rings. The van der Waals surface area contributed by atoms with Crippen molar-refractivity contribution in [2.24, 2.45) is 0 Å². The molecule has 0 fully saturated rings. The van der Waals surface area contributed by atoms with Gasteiger partial charge in [0.05, 0.1) is 17.1 Å². The molecule has 0 atom stereocenters. The van der Waals surface area contributed by atoms with Gasteiger partial charge in [-0.05, 0) is 68.7 Å².